The number of nitro groups is 1. The predicted molar refractivity (Wildman–Crippen MR) is 76.5 cm³/mol. The summed E-state index contributed by atoms with van der Waals surface area (Å²) in [7, 11) is 0. The molecule has 0 spiro atoms. The van der Waals surface area contributed by atoms with Crippen molar-refractivity contribution < 1.29 is 9.72 Å². The van der Waals surface area contributed by atoms with E-state index < -0.39 is 4.92 Å². The summed E-state index contributed by atoms with van der Waals surface area (Å²) >= 11 is 3.37. The Kier molecular flexibility index (Phi) is 4.19. The summed E-state index contributed by atoms with van der Waals surface area (Å²) in [5.41, 5.74) is 0.900. The highest BCUT2D eigenvalue weighted by Gasteiger charge is 2.27. The van der Waals surface area contributed by atoms with Crippen LogP contribution in [0.2, 0.25) is 0 Å². The fourth-order valence-electron chi connectivity index (χ4n) is 2.48. The van der Waals surface area contributed by atoms with Gasteiger partial charge < -0.3 is 4.90 Å². The molecule has 0 aliphatic carbocycles. The largest absolute Gasteiger partial charge is 0.361 e. The van der Waals surface area contributed by atoms with Gasteiger partial charge in [-0.15, -0.1) is 0 Å². The number of benzene rings is 1. The molecular weight excluding hydrogens is 312 g/mol. The summed E-state index contributed by atoms with van der Waals surface area (Å²) in [6.07, 6.45) is 2.93. The van der Waals surface area contributed by atoms with Gasteiger partial charge in [0.2, 0.25) is 0 Å². The number of hydrogen-bond donors (Lipinski definition) is 0. The highest BCUT2D eigenvalue weighted by atomic mass is 79.9. The zero-order valence-electron chi connectivity index (χ0n) is 10.6. The molecule has 1 aliphatic rings. The molecule has 0 amide bonds. The first kappa shape index (κ1) is 14.0. The quantitative estimate of drug-likeness (QED) is 0.631. The standard InChI is InChI=1S/C13H15BrN2O3/c1-9(17)12-4-2-3-7-15(12)13-6-5-10(16(18)19)8-11(13)14/h5-6,8,12H,2-4,7H2,1H3. The molecule has 0 N–H and O–H groups in total. The summed E-state index contributed by atoms with van der Waals surface area (Å²) < 4.78 is 0.662. The molecule has 6 heteroatoms. The number of rotatable bonds is 3. The van der Waals surface area contributed by atoms with Gasteiger partial charge in [0.15, 0.2) is 5.78 Å². The first-order valence-electron chi connectivity index (χ1n) is 6.21. The van der Waals surface area contributed by atoms with Crippen LogP contribution in [-0.4, -0.2) is 23.3 Å². The predicted octanol–water partition coefficient (Wildman–Crippen LogP) is 3.31. The van der Waals surface area contributed by atoms with E-state index in [-0.39, 0.29) is 17.5 Å². The molecule has 1 heterocycles. The number of non-ortho nitro benzene ring substituents is 1. The van der Waals surface area contributed by atoms with Gasteiger partial charge in [-0.2, -0.15) is 0 Å². The SMILES string of the molecule is CC(=O)C1CCCCN1c1ccc([N+](=O)[O-])cc1Br. The lowest BCUT2D eigenvalue weighted by Crippen LogP contribution is -2.44. The number of piperidine rings is 1. The number of carbonyl (C=O) groups is 1. The lowest BCUT2D eigenvalue weighted by molar-refractivity contribution is -0.384. The molecule has 1 unspecified atom stereocenters. The normalized spacial score (nSPS) is 19.3. The van der Waals surface area contributed by atoms with Gasteiger partial charge in [0.05, 0.1) is 16.7 Å². The molecular formula is C13H15BrN2O3. The van der Waals surface area contributed by atoms with Crippen LogP contribution < -0.4 is 4.90 Å². The molecule has 19 heavy (non-hydrogen) atoms. The zero-order valence-corrected chi connectivity index (χ0v) is 12.2. The molecule has 1 aromatic rings. The Hall–Kier alpha value is -1.43. The van der Waals surface area contributed by atoms with Crippen LogP contribution >= 0.6 is 15.9 Å². The molecule has 0 saturated carbocycles. The van der Waals surface area contributed by atoms with Crippen LogP contribution in [0.4, 0.5) is 11.4 Å². The van der Waals surface area contributed by atoms with Crippen LogP contribution in [0, 0.1) is 10.1 Å². The summed E-state index contributed by atoms with van der Waals surface area (Å²) in [6.45, 7) is 2.41. The van der Waals surface area contributed by atoms with Crippen LogP contribution in [0.5, 0.6) is 0 Å². The van der Waals surface area contributed by atoms with Crippen LogP contribution in [0.15, 0.2) is 22.7 Å². The van der Waals surface area contributed by atoms with Crippen LogP contribution in [0.1, 0.15) is 26.2 Å². The van der Waals surface area contributed by atoms with Crippen molar-refractivity contribution in [3.63, 3.8) is 0 Å². The van der Waals surface area contributed by atoms with Gasteiger partial charge in [0, 0.05) is 23.2 Å². The molecule has 1 aromatic carbocycles. The number of carbonyl (C=O) groups excluding carboxylic acids is 1. The number of ketones is 1. The Morgan fingerprint density at radius 1 is 1.47 bits per heavy atom. The van der Waals surface area contributed by atoms with Gasteiger partial charge in [0.1, 0.15) is 0 Å². The van der Waals surface area contributed by atoms with E-state index >= 15 is 0 Å². The number of anilines is 1. The lowest BCUT2D eigenvalue weighted by Gasteiger charge is -2.36. The summed E-state index contributed by atoms with van der Waals surface area (Å²) in [5.74, 6) is 0.143. The second-order valence-corrected chi connectivity index (χ2v) is 5.56. The Labute approximate surface area is 119 Å². The summed E-state index contributed by atoms with van der Waals surface area (Å²) in [5, 5.41) is 10.7. The van der Waals surface area contributed by atoms with Gasteiger partial charge >= 0.3 is 0 Å². The average molecular weight is 327 g/mol. The second kappa shape index (κ2) is 5.69. The molecule has 2 rings (SSSR count). The van der Waals surface area contributed by atoms with Crippen LogP contribution in [0.25, 0.3) is 0 Å². The minimum atomic E-state index is -0.423. The van der Waals surface area contributed by atoms with Gasteiger partial charge in [0.25, 0.3) is 5.69 Å². The number of Topliss-reactive ketones (excluding diaryl/α,β-unsaturated/α-hetero) is 1. The Morgan fingerprint density at radius 2 is 2.21 bits per heavy atom. The van der Waals surface area contributed by atoms with Crippen LogP contribution in [0.3, 0.4) is 0 Å². The third-order valence-corrected chi connectivity index (χ3v) is 4.06. The van der Waals surface area contributed by atoms with Crippen molar-refractivity contribution in [1.82, 2.24) is 0 Å². The highest BCUT2D eigenvalue weighted by molar-refractivity contribution is 9.10. The van der Waals surface area contributed by atoms with E-state index in [4.69, 9.17) is 0 Å². The van der Waals surface area contributed by atoms with Gasteiger partial charge in [-0.1, -0.05) is 0 Å². The van der Waals surface area contributed by atoms with E-state index in [2.05, 4.69) is 15.9 Å². The lowest BCUT2D eigenvalue weighted by atomic mass is 9.98. The van der Waals surface area contributed by atoms with E-state index in [1.54, 1.807) is 13.0 Å². The van der Waals surface area contributed by atoms with Crippen molar-refractivity contribution in [1.29, 1.82) is 0 Å². The Balaban J connectivity index is 2.34. The molecule has 1 atom stereocenters. The van der Waals surface area contributed by atoms with Crippen molar-refractivity contribution in [3.05, 3.63) is 32.8 Å². The zero-order chi connectivity index (χ0) is 14.0. The second-order valence-electron chi connectivity index (χ2n) is 4.71. The third kappa shape index (κ3) is 2.94. The smallest absolute Gasteiger partial charge is 0.270 e. The topological polar surface area (TPSA) is 63.5 Å². The van der Waals surface area contributed by atoms with Gasteiger partial charge in [-0.3, -0.25) is 14.9 Å². The number of nitro benzene ring substituents is 1. The highest BCUT2D eigenvalue weighted by Crippen LogP contribution is 2.34. The summed E-state index contributed by atoms with van der Waals surface area (Å²) in [4.78, 5) is 24.1. The maximum atomic E-state index is 11.7. The maximum absolute atomic E-state index is 11.7. The minimum absolute atomic E-state index is 0.0482. The molecule has 102 valence electrons. The third-order valence-electron chi connectivity index (χ3n) is 3.42. The van der Waals surface area contributed by atoms with Crippen molar-refractivity contribution >= 4 is 33.1 Å². The van der Waals surface area contributed by atoms with Gasteiger partial charge in [-0.05, 0) is 48.2 Å². The maximum Gasteiger partial charge on any atom is 0.270 e. The average Bonchev–Trinajstić information content (AvgIpc) is 2.38. The van der Waals surface area contributed by atoms with E-state index in [0.29, 0.717) is 4.47 Å². The number of hydrogen-bond acceptors (Lipinski definition) is 4. The van der Waals surface area contributed by atoms with Gasteiger partial charge in [-0.25, -0.2) is 0 Å². The number of nitrogens with zero attached hydrogens (tertiary/aromatic N) is 2. The van der Waals surface area contributed by atoms with E-state index in [0.717, 1.165) is 31.5 Å². The summed E-state index contributed by atoms with van der Waals surface area (Å²) in [6, 6.07) is 4.56. The minimum Gasteiger partial charge on any atom is -0.361 e. The first-order chi connectivity index (χ1) is 9.00. The van der Waals surface area contributed by atoms with E-state index in [9.17, 15) is 14.9 Å². The Morgan fingerprint density at radius 3 is 2.79 bits per heavy atom. The van der Waals surface area contributed by atoms with Crippen molar-refractivity contribution in [2.75, 3.05) is 11.4 Å². The molecule has 0 aromatic heterocycles. The molecule has 0 bridgehead atoms. The Bertz CT molecular complexity index is 519. The number of halogens is 1. The molecule has 5 nitrogen and oxygen atoms in total. The fraction of sp³-hybridized carbons (Fsp3) is 0.462. The van der Waals surface area contributed by atoms with Crippen molar-refractivity contribution in [2.45, 2.75) is 32.2 Å². The molecule has 1 fully saturated rings. The van der Waals surface area contributed by atoms with Crippen molar-refractivity contribution in [2.24, 2.45) is 0 Å². The monoisotopic (exact) mass is 326 g/mol. The fourth-order valence-corrected chi connectivity index (χ4v) is 3.08. The first-order valence-corrected chi connectivity index (χ1v) is 7.01. The van der Waals surface area contributed by atoms with Crippen molar-refractivity contribution in [3.8, 4) is 0 Å². The molecule has 0 radical (unpaired) electrons. The molecule has 1 saturated heterocycles. The molecule has 1 aliphatic heterocycles. The van der Waals surface area contributed by atoms with E-state index in [1.807, 2.05) is 4.90 Å². The van der Waals surface area contributed by atoms with E-state index in [1.165, 1.54) is 12.1 Å². The van der Waals surface area contributed by atoms with Crippen LogP contribution in [-0.2, 0) is 4.79 Å².